The van der Waals surface area contributed by atoms with Crippen molar-refractivity contribution in [2.45, 2.75) is 20.0 Å². The van der Waals surface area contributed by atoms with E-state index in [2.05, 4.69) is 5.32 Å². The van der Waals surface area contributed by atoms with Crippen LogP contribution in [0.25, 0.3) is 0 Å². The minimum absolute atomic E-state index is 0.106. The van der Waals surface area contributed by atoms with Crippen molar-refractivity contribution in [1.82, 2.24) is 5.32 Å². The molecule has 2 aromatic rings. The van der Waals surface area contributed by atoms with E-state index in [0.29, 0.717) is 12.1 Å². The van der Waals surface area contributed by atoms with Gasteiger partial charge in [0.15, 0.2) is 0 Å². The van der Waals surface area contributed by atoms with E-state index >= 15 is 0 Å². The van der Waals surface area contributed by atoms with Crippen molar-refractivity contribution in [3.63, 3.8) is 0 Å². The van der Waals surface area contributed by atoms with E-state index < -0.39 is 0 Å². The minimum Gasteiger partial charge on any atom is -0.496 e. The summed E-state index contributed by atoms with van der Waals surface area (Å²) >= 11 is 0. The zero-order valence-corrected chi connectivity index (χ0v) is 14.1. The average Bonchev–Trinajstić information content (AvgIpc) is 2.58. The van der Waals surface area contributed by atoms with Gasteiger partial charge in [0.1, 0.15) is 11.9 Å². The van der Waals surface area contributed by atoms with Gasteiger partial charge < -0.3 is 14.8 Å². The first-order valence-electron chi connectivity index (χ1n) is 7.58. The Hall–Kier alpha value is -2.33. The smallest absolute Gasteiger partial charge is 0.251 e. The van der Waals surface area contributed by atoms with E-state index in [1.165, 1.54) is 5.56 Å². The van der Waals surface area contributed by atoms with E-state index in [1.54, 1.807) is 14.2 Å². The largest absolute Gasteiger partial charge is 0.496 e. The topological polar surface area (TPSA) is 47.6 Å². The molecule has 0 aliphatic carbocycles. The van der Waals surface area contributed by atoms with Crippen molar-refractivity contribution in [1.29, 1.82) is 0 Å². The van der Waals surface area contributed by atoms with E-state index in [0.717, 1.165) is 16.9 Å². The van der Waals surface area contributed by atoms with Crippen LogP contribution in [0.3, 0.4) is 0 Å². The summed E-state index contributed by atoms with van der Waals surface area (Å²) in [5.74, 6) is 0.643. The molecule has 2 aromatic carbocycles. The Morgan fingerprint density at radius 2 is 1.83 bits per heavy atom. The molecule has 1 unspecified atom stereocenters. The molecule has 0 aromatic heterocycles. The molecule has 1 N–H and O–H groups in total. The summed E-state index contributed by atoms with van der Waals surface area (Å²) in [6.07, 6.45) is -0.262. The number of carbonyl (C=O) groups is 1. The first-order valence-corrected chi connectivity index (χ1v) is 7.58. The first kappa shape index (κ1) is 17.0. The summed E-state index contributed by atoms with van der Waals surface area (Å²) in [6, 6.07) is 13.3. The number of methoxy groups -OCH3 is 2. The Labute approximate surface area is 137 Å². The number of para-hydroxylation sites is 1. The zero-order chi connectivity index (χ0) is 16.8. The van der Waals surface area contributed by atoms with E-state index in [9.17, 15) is 4.79 Å². The number of rotatable bonds is 6. The molecule has 0 fully saturated rings. The summed E-state index contributed by atoms with van der Waals surface area (Å²) in [6.45, 7) is 4.40. The second-order valence-corrected chi connectivity index (χ2v) is 5.48. The Morgan fingerprint density at radius 3 is 2.48 bits per heavy atom. The summed E-state index contributed by atoms with van der Waals surface area (Å²) in [4.78, 5) is 12.3. The van der Waals surface area contributed by atoms with Crippen molar-refractivity contribution in [2.24, 2.45) is 0 Å². The SMILES string of the molecule is COc1ccccc1C(CNC(=O)c1ccc(C)c(C)c1)OC. The third-order valence-corrected chi connectivity index (χ3v) is 3.99. The van der Waals surface area contributed by atoms with Crippen LogP contribution < -0.4 is 10.1 Å². The highest BCUT2D eigenvalue weighted by Crippen LogP contribution is 2.26. The van der Waals surface area contributed by atoms with E-state index in [1.807, 2.05) is 56.3 Å². The molecule has 0 aliphatic heterocycles. The molecule has 1 amide bonds. The maximum Gasteiger partial charge on any atom is 0.251 e. The molecular formula is C19H23NO3. The minimum atomic E-state index is -0.262. The maximum atomic E-state index is 12.3. The van der Waals surface area contributed by atoms with Crippen LogP contribution in [-0.4, -0.2) is 26.7 Å². The van der Waals surface area contributed by atoms with Gasteiger partial charge in [0.2, 0.25) is 0 Å². The van der Waals surface area contributed by atoms with Crippen LogP contribution in [0.1, 0.15) is 33.2 Å². The molecule has 0 bridgehead atoms. The highest BCUT2D eigenvalue weighted by Gasteiger charge is 2.17. The number of amides is 1. The predicted molar refractivity (Wildman–Crippen MR) is 91.0 cm³/mol. The second-order valence-electron chi connectivity index (χ2n) is 5.48. The number of ether oxygens (including phenoxy) is 2. The van der Waals surface area contributed by atoms with Crippen LogP contribution in [0, 0.1) is 13.8 Å². The maximum absolute atomic E-state index is 12.3. The van der Waals surface area contributed by atoms with Crippen molar-refractivity contribution >= 4 is 5.91 Å². The van der Waals surface area contributed by atoms with Gasteiger partial charge in [-0.1, -0.05) is 24.3 Å². The second kappa shape index (κ2) is 7.79. The molecule has 0 heterocycles. The summed E-state index contributed by atoms with van der Waals surface area (Å²) in [5.41, 5.74) is 3.84. The van der Waals surface area contributed by atoms with Gasteiger partial charge in [-0.3, -0.25) is 4.79 Å². The molecule has 23 heavy (non-hydrogen) atoms. The summed E-state index contributed by atoms with van der Waals surface area (Å²) < 4.78 is 10.9. The zero-order valence-electron chi connectivity index (χ0n) is 14.1. The van der Waals surface area contributed by atoms with Gasteiger partial charge in [0.25, 0.3) is 5.91 Å². The van der Waals surface area contributed by atoms with Crippen LogP contribution in [-0.2, 0) is 4.74 Å². The highest BCUT2D eigenvalue weighted by atomic mass is 16.5. The molecule has 0 radical (unpaired) electrons. The Morgan fingerprint density at radius 1 is 1.09 bits per heavy atom. The molecular weight excluding hydrogens is 290 g/mol. The number of nitrogens with one attached hydrogen (secondary N) is 1. The molecule has 0 spiro atoms. The highest BCUT2D eigenvalue weighted by molar-refractivity contribution is 5.94. The lowest BCUT2D eigenvalue weighted by Crippen LogP contribution is -2.29. The van der Waals surface area contributed by atoms with Gasteiger partial charge in [-0.25, -0.2) is 0 Å². The number of hydrogen-bond acceptors (Lipinski definition) is 3. The van der Waals surface area contributed by atoms with Crippen LogP contribution in [0.2, 0.25) is 0 Å². The van der Waals surface area contributed by atoms with Gasteiger partial charge in [0.05, 0.1) is 7.11 Å². The van der Waals surface area contributed by atoms with Crippen LogP contribution in [0.4, 0.5) is 0 Å². The van der Waals surface area contributed by atoms with Crippen molar-refractivity contribution in [2.75, 3.05) is 20.8 Å². The molecule has 1 atom stereocenters. The first-order chi connectivity index (χ1) is 11.1. The quantitative estimate of drug-likeness (QED) is 0.889. The lowest BCUT2D eigenvalue weighted by Gasteiger charge is -2.19. The van der Waals surface area contributed by atoms with Crippen molar-refractivity contribution < 1.29 is 14.3 Å². The van der Waals surface area contributed by atoms with E-state index in [-0.39, 0.29) is 12.0 Å². The molecule has 2 rings (SSSR count). The van der Waals surface area contributed by atoms with Crippen molar-refractivity contribution in [3.05, 3.63) is 64.7 Å². The standard InChI is InChI=1S/C19H23NO3/c1-13-9-10-15(11-14(13)2)19(21)20-12-18(23-4)16-7-5-6-8-17(16)22-3/h5-11,18H,12H2,1-4H3,(H,20,21). The van der Waals surface area contributed by atoms with Gasteiger partial charge in [-0.2, -0.15) is 0 Å². The third-order valence-electron chi connectivity index (χ3n) is 3.99. The van der Waals surface area contributed by atoms with Crippen molar-refractivity contribution in [3.8, 4) is 5.75 Å². The van der Waals surface area contributed by atoms with E-state index in [4.69, 9.17) is 9.47 Å². The number of hydrogen-bond donors (Lipinski definition) is 1. The molecule has 0 saturated heterocycles. The normalized spacial score (nSPS) is 11.8. The Bertz CT molecular complexity index is 682. The average molecular weight is 313 g/mol. The summed E-state index contributed by atoms with van der Waals surface area (Å²) in [7, 11) is 3.25. The third kappa shape index (κ3) is 4.11. The monoisotopic (exact) mass is 313 g/mol. The fourth-order valence-electron chi connectivity index (χ4n) is 2.42. The number of carbonyl (C=O) groups excluding carboxylic acids is 1. The van der Waals surface area contributed by atoms with Crippen LogP contribution in [0.5, 0.6) is 5.75 Å². The predicted octanol–water partition coefficient (Wildman–Crippen LogP) is 3.43. The van der Waals surface area contributed by atoms with Gasteiger partial charge in [0, 0.05) is 24.8 Å². The molecule has 122 valence electrons. The van der Waals surface area contributed by atoms with Gasteiger partial charge >= 0.3 is 0 Å². The Balaban J connectivity index is 2.08. The van der Waals surface area contributed by atoms with Gasteiger partial charge in [-0.05, 0) is 43.2 Å². The molecule has 4 heteroatoms. The molecule has 0 saturated carbocycles. The number of aryl methyl sites for hydroxylation is 2. The van der Waals surface area contributed by atoms with Crippen LogP contribution >= 0.6 is 0 Å². The fraction of sp³-hybridized carbons (Fsp3) is 0.316. The van der Waals surface area contributed by atoms with Crippen LogP contribution in [0.15, 0.2) is 42.5 Å². The fourth-order valence-corrected chi connectivity index (χ4v) is 2.42. The molecule has 0 aliphatic rings. The number of benzene rings is 2. The Kier molecular flexibility index (Phi) is 5.77. The molecule has 4 nitrogen and oxygen atoms in total. The van der Waals surface area contributed by atoms with Gasteiger partial charge in [-0.15, -0.1) is 0 Å². The lowest BCUT2D eigenvalue weighted by atomic mass is 10.1. The lowest BCUT2D eigenvalue weighted by molar-refractivity contribution is 0.0819. The summed E-state index contributed by atoms with van der Waals surface area (Å²) in [5, 5.41) is 2.93.